The molecule has 1 aromatic carbocycles. The summed E-state index contributed by atoms with van der Waals surface area (Å²) in [5.41, 5.74) is 2.33. The first-order chi connectivity index (χ1) is 7.29. The highest BCUT2D eigenvalue weighted by Crippen LogP contribution is 2.09. The number of hydrogen-bond donors (Lipinski definition) is 2. The summed E-state index contributed by atoms with van der Waals surface area (Å²) in [4.78, 5) is 8.54. The van der Waals surface area contributed by atoms with Crippen molar-refractivity contribution in [3.63, 3.8) is 0 Å². The molecule has 4 heteroatoms. The molecule has 0 saturated carbocycles. The Hall–Kier alpha value is -1.52. The summed E-state index contributed by atoms with van der Waals surface area (Å²) < 4.78 is 0. The van der Waals surface area contributed by atoms with Gasteiger partial charge in [0.25, 0.3) is 0 Å². The van der Waals surface area contributed by atoms with E-state index in [1.165, 1.54) is 0 Å². The minimum absolute atomic E-state index is 0.255. The summed E-state index contributed by atoms with van der Waals surface area (Å²) >= 11 is 0. The summed E-state index contributed by atoms with van der Waals surface area (Å²) in [6.45, 7) is -0.255. The second-order valence-corrected chi connectivity index (χ2v) is 3.39. The van der Waals surface area contributed by atoms with E-state index >= 15 is 0 Å². The number of aromatic nitrogens is 2. The molecule has 0 unspecified atom stereocenters. The van der Waals surface area contributed by atoms with Gasteiger partial charge in [0, 0.05) is 12.6 Å². The molecule has 0 aliphatic heterocycles. The predicted molar refractivity (Wildman–Crippen MR) is 56.3 cm³/mol. The van der Waals surface area contributed by atoms with E-state index in [-0.39, 0.29) is 6.61 Å². The topological polar surface area (TPSA) is 66.2 Å². The summed E-state index contributed by atoms with van der Waals surface area (Å²) in [5, 5.41) is 18.0. The van der Waals surface area contributed by atoms with Crippen molar-refractivity contribution in [2.45, 2.75) is 12.5 Å². The Balaban J connectivity index is 2.30. The van der Waals surface area contributed by atoms with Crippen molar-refractivity contribution in [1.29, 1.82) is 0 Å². The second-order valence-electron chi connectivity index (χ2n) is 3.39. The number of rotatable bonds is 3. The van der Waals surface area contributed by atoms with E-state index < -0.39 is 6.10 Å². The van der Waals surface area contributed by atoms with Crippen molar-refractivity contribution < 1.29 is 10.2 Å². The zero-order valence-electron chi connectivity index (χ0n) is 8.17. The summed E-state index contributed by atoms with van der Waals surface area (Å²) in [5.74, 6) is 0. The van der Waals surface area contributed by atoms with E-state index in [0.717, 1.165) is 11.0 Å². The Bertz CT molecular complexity index is 459. The van der Waals surface area contributed by atoms with Gasteiger partial charge in [0.2, 0.25) is 0 Å². The molecular formula is C11H12N2O2. The van der Waals surface area contributed by atoms with E-state index in [1.807, 2.05) is 24.3 Å². The van der Waals surface area contributed by atoms with Crippen LogP contribution in [0.25, 0.3) is 11.0 Å². The van der Waals surface area contributed by atoms with Gasteiger partial charge in [-0.3, -0.25) is 4.98 Å². The van der Waals surface area contributed by atoms with Gasteiger partial charge in [-0.25, -0.2) is 4.98 Å². The highest BCUT2D eigenvalue weighted by atomic mass is 16.3. The summed E-state index contributed by atoms with van der Waals surface area (Å²) in [6.07, 6.45) is 1.19. The van der Waals surface area contributed by atoms with Gasteiger partial charge in [0.05, 0.1) is 29.4 Å². The highest BCUT2D eigenvalue weighted by molar-refractivity contribution is 5.73. The molecule has 0 aliphatic rings. The zero-order valence-corrected chi connectivity index (χ0v) is 8.17. The molecule has 2 aromatic rings. The van der Waals surface area contributed by atoms with Crippen molar-refractivity contribution in [3.8, 4) is 0 Å². The third-order valence-electron chi connectivity index (χ3n) is 2.15. The number of fused-ring (bicyclic) bond motifs is 1. The maximum Gasteiger partial charge on any atom is 0.0890 e. The van der Waals surface area contributed by atoms with Crippen molar-refractivity contribution >= 4 is 11.0 Å². The Labute approximate surface area is 87.2 Å². The van der Waals surface area contributed by atoms with Gasteiger partial charge in [-0.2, -0.15) is 0 Å². The average molecular weight is 204 g/mol. The first-order valence-electron chi connectivity index (χ1n) is 4.79. The van der Waals surface area contributed by atoms with E-state index in [4.69, 9.17) is 5.11 Å². The lowest BCUT2D eigenvalue weighted by Crippen LogP contribution is -2.16. The van der Waals surface area contributed by atoms with Gasteiger partial charge in [-0.15, -0.1) is 0 Å². The van der Waals surface area contributed by atoms with Gasteiger partial charge < -0.3 is 10.2 Å². The second kappa shape index (κ2) is 4.33. The van der Waals surface area contributed by atoms with Crippen molar-refractivity contribution in [3.05, 3.63) is 36.2 Å². The lowest BCUT2D eigenvalue weighted by Gasteiger charge is -2.06. The Morgan fingerprint density at radius 1 is 1.20 bits per heavy atom. The standard InChI is InChI=1S/C11H12N2O2/c14-7-9(15)5-8-6-12-10-3-1-2-4-11(10)13-8/h1-4,6,9,14-15H,5,7H2/t9-/m0/s1. The lowest BCUT2D eigenvalue weighted by molar-refractivity contribution is 0.0947. The Kier molecular flexibility index (Phi) is 2.89. The van der Waals surface area contributed by atoms with Gasteiger partial charge in [-0.05, 0) is 12.1 Å². The number of nitrogens with zero attached hydrogens (tertiary/aromatic N) is 2. The molecule has 0 fully saturated rings. The summed E-state index contributed by atoms with van der Waals surface area (Å²) in [7, 11) is 0. The maximum atomic E-state index is 9.27. The molecule has 0 radical (unpaired) electrons. The SMILES string of the molecule is OC[C@@H](O)Cc1cnc2ccccc2n1. The van der Waals surface area contributed by atoms with Crippen LogP contribution in [0.3, 0.4) is 0 Å². The van der Waals surface area contributed by atoms with E-state index in [0.29, 0.717) is 12.1 Å². The zero-order chi connectivity index (χ0) is 10.7. The maximum absolute atomic E-state index is 9.27. The normalized spacial score (nSPS) is 12.9. The molecule has 2 N–H and O–H groups in total. The molecule has 0 aliphatic carbocycles. The fourth-order valence-corrected chi connectivity index (χ4v) is 1.40. The van der Waals surface area contributed by atoms with E-state index in [2.05, 4.69) is 9.97 Å². The van der Waals surface area contributed by atoms with Crippen LogP contribution in [0.5, 0.6) is 0 Å². The van der Waals surface area contributed by atoms with Crippen molar-refractivity contribution in [2.75, 3.05) is 6.61 Å². The Morgan fingerprint density at radius 2 is 1.93 bits per heavy atom. The van der Waals surface area contributed by atoms with Gasteiger partial charge >= 0.3 is 0 Å². The number of para-hydroxylation sites is 2. The molecule has 1 aromatic heterocycles. The highest BCUT2D eigenvalue weighted by Gasteiger charge is 2.05. The first-order valence-corrected chi connectivity index (χ1v) is 4.79. The van der Waals surface area contributed by atoms with Crippen LogP contribution in [0.2, 0.25) is 0 Å². The van der Waals surface area contributed by atoms with Crippen LogP contribution < -0.4 is 0 Å². The molecule has 2 rings (SSSR count). The number of hydrogen-bond acceptors (Lipinski definition) is 4. The van der Waals surface area contributed by atoms with Gasteiger partial charge in [0.15, 0.2) is 0 Å². The molecule has 78 valence electrons. The van der Waals surface area contributed by atoms with E-state index in [9.17, 15) is 5.11 Å². The molecular weight excluding hydrogens is 192 g/mol. The number of aliphatic hydroxyl groups excluding tert-OH is 2. The average Bonchev–Trinajstić information content (AvgIpc) is 2.29. The summed E-state index contributed by atoms with van der Waals surface area (Å²) in [6, 6.07) is 7.55. The quantitative estimate of drug-likeness (QED) is 0.765. The molecule has 1 heterocycles. The van der Waals surface area contributed by atoms with Crippen LogP contribution in [-0.2, 0) is 6.42 Å². The minimum atomic E-state index is -0.763. The van der Waals surface area contributed by atoms with Crippen LogP contribution in [0.4, 0.5) is 0 Å². The fraction of sp³-hybridized carbons (Fsp3) is 0.273. The molecule has 0 bridgehead atoms. The fourth-order valence-electron chi connectivity index (χ4n) is 1.40. The molecule has 4 nitrogen and oxygen atoms in total. The molecule has 0 spiro atoms. The third kappa shape index (κ3) is 2.29. The Morgan fingerprint density at radius 3 is 2.67 bits per heavy atom. The molecule has 0 amide bonds. The first kappa shape index (κ1) is 10.0. The lowest BCUT2D eigenvalue weighted by atomic mass is 10.2. The monoisotopic (exact) mass is 204 g/mol. The molecule has 1 atom stereocenters. The van der Waals surface area contributed by atoms with Gasteiger partial charge in [-0.1, -0.05) is 12.1 Å². The molecule has 15 heavy (non-hydrogen) atoms. The smallest absolute Gasteiger partial charge is 0.0890 e. The van der Waals surface area contributed by atoms with Crippen LogP contribution in [0.15, 0.2) is 30.5 Å². The van der Waals surface area contributed by atoms with Gasteiger partial charge in [0.1, 0.15) is 0 Å². The largest absolute Gasteiger partial charge is 0.394 e. The van der Waals surface area contributed by atoms with Crippen molar-refractivity contribution in [2.24, 2.45) is 0 Å². The van der Waals surface area contributed by atoms with Crippen LogP contribution >= 0.6 is 0 Å². The van der Waals surface area contributed by atoms with Crippen molar-refractivity contribution in [1.82, 2.24) is 9.97 Å². The van der Waals surface area contributed by atoms with Crippen LogP contribution in [0.1, 0.15) is 5.69 Å². The minimum Gasteiger partial charge on any atom is -0.394 e. The third-order valence-corrected chi connectivity index (χ3v) is 2.15. The molecule has 0 saturated heterocycles. The van der Waals surface area contributed by atoms with Crippen LogP contribution in [0, 0.1) is 0 Å². The predicted octanol–water partition coefficient (Wildman–Crippen LogP) is 0.526. The number of aliphatic hydroxyl groups is 2. The van der Waals surface area contributed by atoms with E-state index in [1.54, 1.807) is 6.20 Å². The number of benzene rings is 1. The van der Waals surface area contributed by atoms with Crippen LogP contribution in [-0.4, -0.2) is 32.9 Å².